The molecule has 0 atom stereocenters. The predicted octanol–water partition coefficient (Wildman–Crippen LogP) is 9.85. The highest BCUT2D eigenvalue weighted by atomic mass is 19.4. The number of para-hydroxylation sites is 1. The zero-order valence-electron chi connectivity index (χ0n) is 20.1. The smallest absolute Gasteiger partial charge is 0.422 e. The van der Waals surface area contributed by atoms with E-state index in [9.17, 15) is 26.3 Å². The molecule has 0 heterocycles. The Hall–Kier alpha value is -3.10. The molecule has 4 rings (SSSR count). The highest BCUT2D eigenvalue weighted by Gasteiger charge is 2.38. The third kappa shape index (κ3) is 5.18. The van der Waals surface area contributed by atoms with Crippen LogP contribution in [0, 0.1) is 41.9 Å². The van der Waals surface area contributed by atoms with Crippen LogP contribution >= 0.6 is 0 Å². The van der Waals surface area contributed by atoms with E-state index in [2.05, 4.69) is 0 Å². The number of hydrogen-bond acceptors (Lipinski definition) is 1. The summed E-state index contributed by atoms with van der Waals surface area (Å²) < 4.78 is 119. The lowest BCUT2D eigenvalue weighted by Crippen LogP contribution is -2.16. The van der Waals surface area contributed by atoms with E-state index in [4.69, 9.17) is 4.74 Å². The minimum Gasteiger partial charge on any atom is -0.453 e. The van der Waals surface area contributed by atoms with Gasteiger partial charge in [0.2, 0.25) is 0 Å². The summed E-state index contributed by atoms with van der Waals surface area (Å²) >= 11 is 0. The molecule has 1 aliphatic carbocycles. The number of alkyl halides is 3. The normalized spacial score (nSPS) is 18.2. The van der Waals surface area contributed by atoms with Crippen molar-refractivity contribution in [2.45, 2.75) is 58.0 Å². The second-order valence-corrected chi connectivity index (χ2v) is 9.35. The van der Waals surface area contributed by atoms with Gasteiger partial charge in [-0.05, 0) is 68.2 Å². The molecule has 198 valence electrons. The largest absolute Gasteiger partial charge is 0.453 e. The van der Waals surface area contributed by atoms with Crippen molar-refractivity contribution in [1.29, 1.82) is 0 Å². The first-order valence-electron chi connectivity index (χ1n) is 11.9. The molecule has 0 aliphatic heterocycles. The summed E-state index contributed by atoms with van der Waals surface area (Å²) in [6.07, 6.45) is -1.84. The minimum absolute atomic E-state index is 0.0588. The Morgan fingerprint density at radius 1 is 0.838 bits per heavy atom. The molecule has 0 bridgehead atoms. The molecule has 9 heteroatoms. The minimum atomic E-state index is -5.25. The molecule has 0 unspecified atom stereocenters. The molecular weight excluding hydrogens is 504 g/mol. The van der Waals surface area contributed by atoms with Crippen molar-refractivity contribution in [3.05, 3.63) is 82.2 Å². The van der Waals surface area contributed by atoms with Crippen LogP contribution in [0.2, 0.25) is 0 Å². The standard InChI is InChI=1S/C28H24F8O/c1-3-15-8-10-16(11-9-15)22-26(33)24(31)14(2)25(32)27(22)37-21-7-5-4-6-18(21)17-12-19(29)23(20(30)13-17)28(34,35)36/h4-7,12-13,15-16H,3,8-11H2,1-2H3. The van der Waals surface area contributed by atoms with Crippen LogP contribution in [0.4, 0.5) is 35.1 Å². The van der Waals surface area contributed by atoms with Crippen molar-refractivity contribution < 1.29 is 39.9 Å². The second-order valence-electron chi connectivity index (χ2n) is 9.35. The SMILES string of the molecule is CCC1CCC(c2c(F)c(F)c(C)c(F)c2Oc2ccccc2-c2cc(F)c(C(F)(F)F)c(F)c2)CC1. The maximum Gasteiger partial charge on any atom is 0.422 e. The molecule has 0 radical (unpaired) electrons. The highest BCUT2D eigenvalue weighted by molar-refractivity contribution is 5.71. The summed E-state index contributed by atoms with van der Waals surface area (Å²) in [4.78, 5) is 0. The van der Waals surface area contributed by atoms with Crippen molar-refractivity contribution in [3.63, 3.8) is 0 Å². The fourth-order valence-electron chi connectivity index (χ4n) is 4.99. The van der Waals surface area contributed by atoms with Crippen LogP contribution in [0.15, 0.2) is 36.4 Å². The molecule has 0 spiro atoms. The van der Waals surface area contributed by atoms with E-state index in [-0.39, 0.29) is 22.4 Å². The summed E-state index contributed by atoms with van der Waals surface area (Å²) in [5, 5.41) is 0. The van der Waals surface area contributed by atoms with E-state index in [1.165, 1.54) is 24.3 Å². The van der Waals surface area contributed by atoms with Gasteiger partial charge in [-0.15, -0.1) is 0 Å². The zero-order chi connectivity index (χ0) is 27.1. The Morgan fingerprint density at radius 2 is 1.43 bits per heavy atom. The third-order valence-electron chi connectivity index (χ3n) is 7.10. The second kappa shape index (κ2) is 10.3. The number of rotatable bonds is 5. The van der Waals surface area contributed by atoms with Crippen LogP contribution < -0.4 is 4.74 Å². The Bertz CT molecular complexity index is 1280. The fourth-order valence-corrected chi connectivity index (χ4v) is 4.99. The van der Waals surface area contributed by atoms with Crippen LogP contribution in [0.5, 0.6) is 11.5 Å². The average molecular weight is 528 g/mol. The third-order valence-corrected chi connectivity index (χ3v) is 7.10. The fraction of sp³-hybridized carbons (Fsp3) is 0.357. The summed E-state index contributed by atoms with van der Waals surface area (Å²) in [5.41, 5.74) is -3.25. The van der Waals surface area contributed by atoms with E-state index in [0.29, 0.717) is 30.9 Å². The van der Waals surface area contributed by atoms with Gasteiger partial charge in [0.25, 0.3) is 0 Å². The molecule has 0 saturated heterocycles. The lowest BCUT2D eigenvalue weighted by atomic mass is 9.77. The monoisotopic (exact) mass is 528 g/mol. The molecule has 1 nitrogen and oxygen atoms in total. The van der Waals surface area contributed by atoms with Gasteiger partial charge in [-0.3, -0.25) is 0 Å². The quantitative estimate of drug-likeness (QED) is 0.237. The molecular formula is C28H24F8O. The van der Waals surface area contributed by atoms with Crippen LogP contribution in [0.1, 0.15) is 61.6 Å². The van der Waals surface area contributed by atoms with Crippen LogP contribution in [0.25, 0.3) is 11.1 Å². The maximum absolute atomic E-state index is 15.4. The summed E-state index contributed by atoms with van der Waals surface area (Å²) in [6, 6.07) is 6.49. The van der Waals surface area contributed by atoms with Gasteiger partial charge in [-0.25, -0.2) is 22.0 Å². The average Bonchev–Trinajstić information content (AvgIpc) is 2.85. The molecule has 0 amide bonds. The first kappa shape index (κ1) is 26.9. The Morgan fingerprint density at radius 3 is 2.00 bits per heavy atom. The number of halogens is 8. The van der Waals surface area contributed by atoms with E-state index < -0.39 is 58.1 Å². The summed E-state index contributed by atoms with van der Waals surface area (Å²) in [5.74, 6) is -8.15. The van der Waals surface area contributed by atoms with Crippen LogP contribution in [-0.4, -0.2) is 0 Å². The van der Waals surface area contributed by atoms with E-state index in [0.717, 1.165) is 26.2 Å². The van der Waals surface area contributed by atoms with Crippen molar-refractivity contribution >= 4 is 0 Å². The molecule has 3 aromatic carbocycles. The molecule has 37 heavy (non-hydrogen) atoms. The van der Waals surface area contributed by atoms with Gasteiger partial charge in [0, 0.05) is 16.7 Å². The predicted molar refractivity (Wildman–Crippen MR) is 123 cm³/mol. The molecule has 1 saturated carbocycles. The lowest BCUT2D eigenvalue weighted by molar-refractivity contribution is -0.142. The van der Waals surface area contributed by atoms with Gasteiger partial charge in [0.15, 0.2) is 23.2 Å². The van der Waals surface area contributed by atoms with Gasteiger partial charge in [0.1, 0.15) is 22.9 Å². The Balaban J connectivity index is 1.81. The zero-order valence-corrected chi connectivity index (χ0v) is 20.1. The van der Waals surface area contributed by atoms with E-state index >= 15 is 8.78 Å². The molecule has 0 aromatic heterocycles. The van der Waals surface area contributed by atoms with Gasteiger partial charge in [-0.1, -0.05) is 31.5 Å². The summed E-state index contributed by atoms with van der Waals surface area (Å²) in [7, 11) is 0. The summed E-state index contributed by atoms with van der Waals surface area (Å²) in [6.45, 7) is 3.10. The molecule has 1 fully saturated rings. The first-order valence-corrected chi connectivity index (χ1v) is 11.9. The van der Waals surface area contributed by atoms with E-state index in [1.54, 1.807) is 0 Å². The Labute approximate surface area is 209 Å². The molecule has 0 N–H and O–H groups in total. The van der Waals surface area contributed by atoms with Crippen molar-refractivity contribution in [3.8, 4) is 22.6 Å². The van der Waals surface area contributed by atoms with E-state index in [1.807, 2.05) is 6.92 Å². The van der Waals surface area contributed by atoms with Gasteiger partial charge >= 0.3 is 6.18 Å². The topological polar surface area (TPSA) is 9.23 Å². The van der Waals surface area contributed by atoms with Crippen molar-refractivity contribution in [2.75, 3.05) is 0 Å². The first-order chi connectivity index (χ1) is 17.4. The maximum atomic E-state index is 15.4. The van der Waals surface area contributed by atoms with Gasteiger partial charge in [0.05, 0.1) is 0 Å². The molecule has 3 aromatic rings. The Kier molecular flexibility index (Phi) is 7.53. The van der Waals surface area contributed by atoms with Crippen molar-refractivity contribution in [1.82, 2.24) is 0 Å². The van der Waals surface area contributed by atoms with Crippen LogP contribution in [0.3, 0.4) is 0 Å². The molecule has 1 aliphatic rings. The van der Waals surface area contributed by atoms with Crippen molar-refractivity contribution in [2.24, 2.45) is 5.92 Å². The lowest BCUT2D eigenvalue weighted by Gasteiger charge is -2.30. The highest BCUT2D eigenvalue weighted by Crippen LogP contribution is 2.47. The number of benzene rings is 3. The van der Waals surface area contributed by atoms with Crippen LogP contribution in [-0.2, 0) is 6.18 Å². The number of ether oxygens (including phenoxy) is 1. The van der Waals surface area contributed by atoms with Gasteiger partial charge in [-0.2, -0.15) is 13.2 Å². The van der Waals surface area contributed by atoms with Gasteiger partial charge < -0.3 is 4.74 Å². The number of hydrogen-bond donors (Lipinski definition) is 0.